The fourth-order valence-electron chi connectivity index (χ4n) is 0.815. The maximum absolute atomic E-state index is 5.96. The first kappa shape index (κ1) is 9.86. The zero-order valence-corrected chi connectivity index (χ0v) is 9.39. The number of hydrogen-bond acceptors (Lipinski definition) is 1. The quantitative estimate of drug-likeness (QED) is 0.664. The van der Waals surface area contributed by atoms with Crippen molar-refractivity contribution in [2.24, 2.45) is 0 Å². The number of hydrogen-bond donors (Lipinski definition) is 1. The summed E-state index contributed by atoms with van der Waals surface area (Å²) in [6.45, 7) is 4.35. The second kappa shape index (κ2) is 4.72. The topological polar surface area (TPSA) is 12.0 Å². The van der Waals surface area contributed by atoms with Crippen LogP contribution in [0.2, 0.25) is 5.02 Å². The highest BCUT2D eigenvalue weighted by Crippen LogP contribution is 2.23. The summed E-state index contributed by atoms with van der Waals surface area (Å²) in [6.07, 6.45) is 1.80. The first-order valence-corrected chi connectivity index (χ1v) is 4.99. The molecule has 0 saturated heterocycles. The third kappa shape index (κ3) is 2.68. The van der Waals surface area contributed by atoms with E-state index in [1.165, 1.54) is 0 Å². The van der Waals surface area contributed by atoms with Crippen molar-refractivity contribution in [1.82, 2.24) is 0 Å². The van der Waals surface area contributed by atoms with Gasteiger partial charge in [0, 0.05) is 10.1 Å². The Morgan fingerprint density at radius 1 is 1.58 bits per heavy atom. The van der Waals surface area contributed by atoms with Gasteiger partial charge >= 0.3 is 0 Å². The maximum Gasteiger partial charge on any atom is 0.0648 e. The SMILES string of the molecule is C=CCNc1ccc(I)cc1Cl. The largest absolute Gasteiger partial charge is 0.380 e. The van der Waals surface area contributed by atoms with Gasteiger partial charge in [0.1, 0.15) is 0 Å². The normalized spacial score (nSPS) is 9.50. The van der Waals surface area contributed by atoms with E-state index in [0.29, 0.717) is 0 Å². The molecule has 0 aromatic heterocycles. The highest BCUT2D eigenvalue weighted by Gasteiger charge is 1.97. The molecule has 3 heteroatoms. The Morgan fingerprint density at radius 3 is 2.92 bits per heavy atom. The van der Waals surface area contributed by atoms with Crippen molar-refractivity contribution in [1.29, 1.82) is 0 Å². The second-order valence-corrected chi connectivity index (χ2v) is 3.95. The van der Waals surface area contributed by atoms with E-state index in [9.17, 15) is 0 Å². The molecule has 0 aliphatic carbocycles. The average Bonchev–Trinajstić information content (AvgIpc) is 2.03. The predicted molar refractivity (Wildman–Crippen MR) is 62.9 cm³/mol. The minimum Gasteiger partial charge on any atom is -0.380 e. The molecule has 12 heavy (non-hydrogen) atoms. The number of nitrogens with one attached hydrogen (secondary N) is 1. The average molecular weight is 294 g/mol. The Labute approximate surface area is 91.0 Å². The molecule has 0 bridgehead atoms. The lowest BCUT2D eigenvalue weighted by Gasteiger charge is -2.05. The lowest BCUT2D eigenvalue weighted by molar-refractivity contribution is 1.34. The first-order valence-electron chi connectivity index (χ1n) is 3.54. The summed E-state index contributed by atoms with van der Waals surface area (Å²) in [6, 6.07) is 5.90. The molecule has 0 amide bonds. The van der Waals surface area contributed by atoms with E-state index >= 15 is 0 Å². The van der Waals surface area contributed by atoms with Gasteiger partial charge < -0.3 is 5.32 Å². The number of rotatable bonds is 3. The van der Waals surface area contributed by atoms with Crippen molar-refractivity contribution in [2.45, 2.75) is 0 Å². The summed E-state index contributed by atoms with van der Waals surface area (Å²) in [5.74, 6) is 0. The summed E-state index contributed by atoms with van der Waals surface area (Å²) in [5, 5.41) is 3.89. The van der Waals surface area contributed by atoms with Gasteiger partial charge in [-0.1, -0.05) is 17.7 Å². The smallest absolute Gasteiger partial charge is 0.0648 e. The molecule has 0 aliphatic rings. The van der Waals surface area contributed by atoms with Crippen molar-refractivity contribution in [3.05, 3.63) is 39.4 Å². The van der Waals surface area contributed by atoms with E-state index in [2.05, 4.69) is 34.5 Å². The van der Waals surface area contributed by atoms with Gasteiger partial charge in [-0.2, -0.15) is 0 Å². The van der Waals surface area contributed by atoms with Crippen LogP contribution in [-0.4, -0.2) is 6.54 Å². The molecular weight excluding hydrogens is 284 g/mol. The monoisotopic (exact) mass is 293 g/mol. The second-order valence-electron chi connectivity index (χ2n) is 2.29. The lowest BCUT2D eigenvalue weighted by Crippen LogP contribution is -1.97. The zero-order valence-electron chi connectivity index (χ0n) is 6.48. The predicted octanol–water partition coefficient (Wildman–Crippen LogP) is 3.54. The highest BCUT2D eigenvalue weighted by molar-refractivity contribution is 14.1. The van der Waals surface area contributed by atoms with E-state index in [4.69, 9.17) is 11.6 Å². The Hall–Kier alpha value is -0.220. The molecular formula is C9H9ClIN. The van der Waals surface area contributed by atoms with E-state index in [0.717, 1.165) is 20.8 Å². The fourth-order valence-corrected chi connectivity index (χ4v) is 1.74. The van der Waals surface area contributed by atoms with E-state index in [1.807, 2.05) is 18.2 Å². The van der Waals surface area contributed by atoms with Gasteiger partial charge in [-0.25, -0.2) is 0 Å². The molecule has 0 heterocycles. The maximum atomic E-state index is 5.96. The molecule has 1 N–H and O–H groups in total. The van der Waals surface area contributed by atoms with E-state index < -0.39 is 0 Å². The van der Waals surface area contributed by atoms with Gasteiger partial charge in [0.25, 0.3) is 0 Å². The molecule has 1 aromatic rings. The zero-order chi connectivity index (χ0) is 8.97. The molecule has 0 fully saturated rings. The van der Waals surface area contributed by atoms with Crippen molar-refractivity contribution in [3.63, 3.8) is 0 Å². The Bertz CT molecular complexity index is 286. The minimum absolute atomic E-state index is 0.736. The van der Waals surface area contributed by atoms with Crippen LogP contribution < -0.4 is 5.32 Å². The van der Waals surface area contributed by atoms with Gasteiger partial charge in [0.15, 0.2) is 0 Å². The summed E-state index contributed by atoms with van der Waals surface area (Å²) >= 11 is 8.19. The van der Waals surface area contributed by atoms with Crippen LogP contribution in [-0.2, 0) is 0 Å². The van der Waals surface area contributed by atoms with Crippen molar-refractivity contribution < 1.29 is 0 Å². The van der Waals surface area contributed by atoms with Crippen LogP contribution in [0.25, 0.3) is 0 Å². The van der Waals surface area contributed by atoms with Gasteiger partial charge in [-0.05, 0) is 40.8 Å². The molecule has 0 atom stereocenters. The summed E-state index contributed by atoms with van der Waals surface area (Å²) < 4.78 is 1.14. The van der Waals surface area contributed by atoms with Crippen LogP contribution in [0.5, 0.6) is 0 Å². The van der Waals surface area contributed by atoms with Crippen molar-refractivity contribution >= 4 is 39.9 Å². The van der Waals surface area contributed by atoms with Gasteiger partial charge in [0.2, 0.25) is 0 Å². The molecule has 0 unspecified atom stereocenters. The summed E-state index contributed by atoms with van der Waals surface area (Å²) in [5.41, 5.74) is 0.956. The van der Waals surface area contributed by atoms with E-state index in [1.54, 1.807) is 6.08 Å². The Morgan fingerprint density at radius 2 is 2.33 bits per heavy atom. The van der Waals surface area contributed by atoms with Gasteiger partial charge in [-0.3, -0.25) is 0 Å². The molecule has 1 aromatic carbocycles. The van der Waals surface area contributed by atoms with Crippen LogP contribution in [0.4, 0.5) is 5.69 Å². The summed E-state index contributed by atoms with van der Waals surface area (Å²) in [7, 11) is 0. The molecule has 1 rings (SSSR count). The van der Waals surface area contributed by atoms with E-state index in [-0.39, 0.29) is 0 Å². The van der Waals surface area contributed by atoms with Crippen LogP contribution in [0, 0.1) is 3.57 Å². The highest BCUT2D eigenvalue weighted by atomic mass is 127. The third-order valence-electron chi connectivity index (χ3n) is 1.37. The first-order chi connectivity index (χ1) is 5.74. The Kier molecular flexibility index (Phi) is 3.88. The number of halogens is 2. The molecule has 0 saturated carbocycles. The van der Waals surface area contributed by atoms with Gasteiger partial charge in [-0.15, -0.1) is 6.58 Å². The standard InChI is InChI=1S/C9H9ClIN/c1-2-5-12-9-4-3-7(11)6-8(9)10/h2-4,6,12H,1,5H2. The van der Waals surface area contributed by atoms with Crippen LogP contribution in [0.1, 0.15) is 0 Å². The molecule has 0 radical (unpaired) electrons. The fraction of sp³-hybridized carbons (Fsp3) is 0.111. The van der Waals surface area contributed by atoms with Crippen molar-refractivity contribution in [2.75, 3.05) is 11.9 Å². The van der Waals surface area contributed by atoms with Crippen LogP contribution >= 0.6 is 34.2 Å². The number of anilines is 1. The Balaban J connectivity index is 2.78. The summed E-state index contributed by atoms with van der Waals surface area (Å²) in [4.78, 5) is 0. The lowest BCUT2D eigenvalue weighted by atomic mass is 10.3. The van der Waals surface area contributed by atoms with Crippen LogP contribution in [0.3, 0.4) is 0 Å². The molecule has 64 valence electrons. The van der Waals surface area contributed by atoms with Crippen LogP contribution in [0.15, 0.2) is 30.9 Å². The minimum atomic E-state index is 0.736. The molecule has 1 nitrogen and oxygen atoms in total. The number of benzene rings is 1. The van der Waals surface area contributed by atoms with Crippen molar-refractivity contribution in [3.8, 4) is 0 Å². The molecule has 0 spiro atoms. The third-order valence-corrected chi connectivity index (χ3v) is 2.35. The van der Waals surface area contributed by atoms with Gasteiger partial charge in [0.05, 0.1) is 10.7 Å². The molecule has 0 aliphatic heterocycles.